The van der Waals surface area contributed by atoms with Crippen LogP contribution in [0, 0.1) is 0 Å². The van der Waals surface area contributed by atoms with Gasteiger partial charge in [-0.15, -0.1) is 0 Å². The summed E-state index contributed by atoms with van der Waals surface area (Å²) in [5.41, 5.74) is 4.74. The molecule has 0 aromatic heterocycles. The first-order valence-electron chi connectivity index (χ1n) is 4.68. The number of aliphatic hydroxyl groups is 2. The lowest BCUT2D eigenvalue weighted by molar-refractivity contribution is -0.146. The van der Waals surface area contributed by atoms with Gasteiger partial charge >= 0.3 is 5.97 Å². The van der Waals surface area contributed by atoms with Gasteiger partial charge in [-0.1, -0.05) is 0 Å². The molecule has 6 heteroatoms. The van der Waals surface area contributed by atoms with Crippen LogP contribution in [0.3, 0.4) is 0 Å². The molecule has 2 unspecified atom stereocenters. The Kier molecular flexibility index (Phi) is 6.91. The molecule has 0 amide bonds. The Balaban J connectivity index is 3.71. The van der Waals surface area contributed by atoms with Gasteiger partial charge in [0.2, 0.25) is 0 Å². The third-order valence-corrected chi connectivity index (χ3v) is 3.05. The second-order valence-corrected chi connectivity index (χ2v) is 4.72. The molecule has 5 nitrogen and oxygen atoms in total. The van der Waals surface area contributed by atoms with E-state index in [1.165, 1.54) is 18.9 Å². The number of methoxy groups -OCH3 is 1. The van der Waals surface area contributed by atoms with E-state index >= 15 is 0 Å². The van der Waals surface area contributed by atoms with Crippen molar-refractivity contribution in [2.75, 3.05) is 25.2 Å². The van der Waals surface area contributed by atoms with Crippen molar-refractivity contribution >= 4 is 17.7 Å². The molecule has 4 N–H and O–H groups in total. The summed E-state index contributed by atoms with van der Waals surface area (Å²) in [6, 6.07) is 0. The van der Waals surface area contributed by atoms with E-state index in [4.69, 9.17) is 15.9 Å². The lowest BCUT2D eigenvalue weighted by Crippen LogP contribution is -2.46. The molecule has 90 valence electrons. The number of ether oxygens (including phenoxy) is 1. The minimum Gasteiger partial charge on any atom is -0.468 e. The molecule has 0 aliphatic carbocycles. The van der Waals surface area contributed by atoms with Gasteiger partial charge in [-0.2, -0.15) is 11.8 Å². The van der Waals surface area contributed by atoms with Crippen LogP contribution in [-0.2, 0) is 9.53 Å². The average molecular weight is 237 g/mol. The summed E-state index contributed by atoms with van der Waals surface area (Å²) in [7, 11) is 1.30. The molecule has 0 rings (SSSR count). The quantitative estimate of drug-likeness (QED) is 0.402. The summed E-state index contributed by atoms with van der Waals surface area (Å²) in [5, 5.41) is 17.6. The van der Waals surface area contributed by atoms with Gasteiger partial charge < -0.3 is 20.7 Å². The highest BCUT2D eigenvalue weighted by Gasteiger charge is 2.28. The van der Waals surface area contributed by atoms with Crippen molar-refractivity contribution in [3.05, 3.63) is 0 Å². The topological polar surface area (TPSA) is 92.8 Å². The predicted octanol–water partition coefficient (Wildman–Crippen LogP) is -0.647. The lowest BCUT2D eigenvalue weighted by atomic mass is 10.0. The summed E-state index contributed by atoms with van der Waals surface area (Å²) in [6.45, 7) is 1.37. The Labute approximate surface area is 94.0 Å². The second-order valence-electron chi connectivity index (χ2n) is 3.57. The van der Waals surface area contributed by atoms with Crippen molar-refractivity contribution in [3.8, 4) is 0 Å². The fourth-order valence-corrected chi connectivity index (χ4v) is 2.00. The largest absolute Gasteiger partial charge is 0.468 e. The predicted molar refractivity (Wildman–Crippen MR) is 59.6 cm³/mol. The van der Waals surface area contributed by atoms with Crippen LogP contribution < -0.4 is 5.73 Å². The maximum absolute atomic E-state index is 11.2. The van der Waals surface area contributed by atoms with E-state index in [0.717, 1.165) is 0 Å². The average Bonchev–Trinajstić information content (AvgIpc) is 2.22. The Hall–Kier alpha value is -0.300. The monoisotopic (exact) mass is 237 g/mol. The standard InChI is InChI=1S/C9H19NO4S/c1-9(10,8(13)14-2)3-4-15-6-7(12)5-11/h7,11-12H,3-6,10H2,1-2H3. The number of hydrogen-bond donors (Lipinski definition) is 3. The first-order valence-corrected chi connectivity index (χ1v) is 5.83. The van der Waals surface area contributed by atoms with E-state index in [9.17, 15) is 4.79 Å². The second kappa shape index (κ2) is 7.05. The van der Waals surface area contributed by atoms with Crippen LogP contribution in [0.15, 0.2) is 0 Å². The summed E-state index contributed by atoms with van der Waals surface area (Å²) in [6.07, 6.45) is -0.236. The number of carbonyl (C=O) groups excluding carboxylic acids is 1. The number of carbonyl (C=O) groups is 1. The van der Waals surface area contributed by atoms with Crippen LogP contribution in [0.5, 0.6) is 0 Å². The Morgan fingerprint density at radius 3 is 2.73 bits per heavy atom. The zero-order valence-corrected chi connectivity index (χ0v) is 9.92. The van der Waals surface area contributed by atoms with Crippen LogP contribution in [0.4, 0.5) is 0 Å². The normalized spacial score (nSPS) is 16.9. The summed E-state index contributed by atoms with van der Waals surface area (Å²) < 4.78 is 4.55. The number of thioether (sulfide) groups is 1. The Morgan fingerprint density at radius 1 is 1.67 bits per heavy atom. The van der Waals surface area contributed by atoms with E-state index in [1.54, 1.807) is 6.92 Å². The molecule has 0 aliphatic heterocycles. The molecule has 0 saturated heterocycles. The SMILES string of the molecule is COC(=O)C(C)(N)CCSCC(O)CO. The Morgan fingerprint density at radius 2 is 2.27 bits per heavy atom. The van der Waals surface area contributed by atoms with Crippen molar-refractivity contribution < 1.29 is 19.7 Å². The first-order chi connectivity index (χ1) is 6.94. The van der Waals surface area contributed by atoms with E-state index in [1.807, 2.05) is 0 Å². The summed E-state index contributed by atoms with van der Waals surface area (Å²) in [4.78, 5) is 11.2. The molecule has 0 fully saturated rings. The fraction of sp³-hybridized carbons (Fsp3) is 0.889. The molecule has 2 atom stereocenters. The van der Waals surface area contributed by atoms with Crippen LogP contribution in [0.25, 0.3) is 0 Å². The van der Waals surface area contributed by atoms with Crippen LogP contribution >= 0.6 is 11.8 Å². The number of esters is 1. The van der Waals surface area contributed by atoms with Gasteiger partial charge in [-0.3, -0.25) is 4.79 Å². The van der Waals surface area contributed by atoms with E-state index in [2.05, 4.69) is 4.74 Å². The highest BCUT2D eigenvalue weighted by atomic mass is 32.2. The molecule has 0 spiro atoms. The minimum absolute atomic E-state index is 0.246. The highest BCUT2D eigenvalue weighted by molar-refractivity contribution is 7.99. The van der Waals surface area contributed by atoms with E-state index < -0.39 is 17.6 Å². The zero-order chi connectivity index (χ0) is 11.9. The van der Waals surface area contributed by atoms with Crippen molar-refractivity contribution in [2.45, 2.75) is 25.0 Å². The van der Waals surface area contributed by atoms with Gasteiger partial charge in [0.25, 0.3) is 0 Å². The lowest BCUT2D eigenvalue weighted by Gasteiger charge is -2.21. The third-order valence-electron chi connectivity index (χ3n) is 1.94. The first kappa shape index (κ1) is 14.7. The zero-order valence-electron chi connectivity index (χ0n) is 9.10. The highest BCUT2D eigenvalue weighted by Crippen LogP contribution is 2.13. The molecule has 15 heavy (non-hydrogen) atoms. The molecule has 0 bridgehead atoms. The van der Waals surface area contributed by atoms with Gasteiger partial charge in [0.15, 0.2) is 0 Å². The van der Waals surface area contributed by atoms with Gasteiger partial charge in [-0.05, 0) is 19.1 Å². The van der Waals surface area contributed by atoms with Gasteiger partial charge in [0.1, 0.15) is 5.54 Å². The van der Waals surface area contributed by atoms with Crippen molar-refractivity contribution in [1.82, 2.24) is 0 Å². The number of nitrogens with two attached hydrogens (primary N) is 1. The van der Waals surface area contributed by atoms with Crippen molar-refractivity contribution in [3.63, 3.8) is 0 Å². The molecular weight excluding hydrogens is 218 g/mol. The number of aliphatic hydroxyl groups excluding tert-OH is 2. The Bertz CT molecular complexity index is 199. The molecule has 0 heterocycles. The molecule has 0 aromatic carbocycles. The fourth-order valence-electron chi connectivity index (χ4n) is 0.891. The maximum atomic E-state index is 11.2. The van der Waals surface area contributed by atoms with Crippen LogP contribution in [0.2, 0.25) is 0 Å². The molecule has 0 aliphatic rings. The molecule has 0 aromatic rings. The van der Waals surface area contributed by atoms with Gasteiger partial charge in [0.05, 0.1) is 19.8 Å². The minimum atomic E-state index is -0.980. The summed E-state index contributed by atoms with van der Waals surface area (Å²) in [5.74, 6) is 0.637. The van der Waals surface area contributed by atoms with E-state index in [-0.39, 0.29) is 6.61 Å². The third kappa shape index (κ3) is 5.99. The van der Waals surface area contributed by atoms with Crippen LogP contribution in [0.1, 0.15) is 13.3 Å². The molecule has 0 saturated carbocycles. The smallest absolute Gasteiger partial charge is 0.325 e. The maximum Gasteiger partial charge on any atom is 0.325 e. The summed E-state index contributed by atoms with van der Waals surface area (Å²) >= 11 is 1.44. The van der Waals surface area contributed by atoms with Gasteiger partial charge in [-0.25, -0.2) is 0 Å². The van der Waals surface area contributed by atoms with Crippen molar-refractivity contribution in [2.24, 2.45) is 5.73 Å². The number of hydrogen-bond acceptors (Lipinski definition) is 6. The van der Waals surface area contributed by atoms with Crippen LogP contribution in [-0.4, -0.2) is 53.0 Å². The molecule has 0 radical (unpaired) electrons. The van der Waals surface area contributed by atoms with Gasteiger partial charge in [0, 0.05) is 5.75 Å². The van der Waals surface area contributed by atoms with E-state index in [0.29, 0.717) is 17.9 Å². The molecular formula is C9H19NO4S. The van der Waals surface area contributed by atoms with Crippen molar-refractivity contribution in [1.29, 1.82) is 0 Å². The number of rotatable bonds is 7.